The molecule has 1 fully saturated rings. The van der Waals surface area contributed by atoms with Gasteiger partial charge in [0.15, 0.2) is 4.32 Å². The van der Waals surface area contributed by atoms with E-state index in [1.165, 1.54) is 18.0 Å². The molecule has 0 N–H and O–H groups in total. The number of hydrogen-bond donors (Lipinski definition) is 0. The number of aromatic nitrogens is 1. The van der Waals surface area contributed by atoms with Gasteiger partial charge in [-0.1, -0.05) is 42.2 Å². The number of para-hydroxylation sites is 1. The molecule has 0 spiro atoms. The fraction of sp³-hybridized carbons (Fsp3) is 0.0556. The van der Waals surface area contributed by atoms with E-state index in [-0.39, 0.29) is 10.5 Å². The van der Waals surface area contributed by atoms with Gasteiger partial charge < -0.3 is 0 Å². The molecule has 26 heavy (non-hydrogen) atoms. The van der Waals surface area contributed by atoms with Crippen molar-refractivity contribution in [2.75, 3.05) is 9.80 Å². The van der Waals surface area contributed by atoms with Crippen LogP contribution in [0.3, 0.4) is 0 Å². The second kappa shape index (κ2) is 6.15. The van der Waals surface area contributed by atoms with Gasteiger partial charge in [0.05, 0.1) is 28.0 Å². The molecule has 0 atom stereocenters. The van der Waals surface area contributed by atoms with Gasteiger partial charge in [0.25, 0.3) is 11.8 Å². The van der Waals surface area contributed by atoms with Gasteiger partial charge in [0, 0.05) is 18.7 Å². The number of fused-ring (bicyclic) bond motifs is 1. The summed E-state index contributed by atoms with van der Waals surface area (Å²) in [6.07, 6.45) is 3.13. The van der Waals surface area contributed by atoms with Crippen LogP contribution in [0.25, 0.3) is 5.57 Å². The van der Waals surface area contributed by atoms with Gasteiger partial charge in [0.1, 0.15) is 0 Å². The molecule has 0 saturated carbocycles. The first-order valence-corrected chi connectivity index (χ1v) is 8.88. The average molecular weight is 381 g/mol. The van der Waals surface area contributed by atoms with E-state index in [0.29, 0.717) is 21.3 Å². The monoisotopic (exact) mass is 381 g/mol. The van der Waals surface area contributed by atoms with E-state index in [1.807, 2.05) is 0 Å². The lowest BCUT2D eigenvalue weighted by Crippen LogP contribution is -2.32. The third kappa shape index (κ3) is 2.38. The highest BCUT2D eigenvalue weighted by molar-refractivity contribution is 8.27. The molecule has 8 heteroatoms. The molecule has 2 aromatic rings. The molecule has 3 heterocycles. The van der Waals surface area contributed by atoms with Gasteiger partial charge in [-0.05, 0) is 18.2 Å². The Labute approximate surface area is 158 Å². The number of carbonyl (C=O) groups is 3. The van der Waals surface area contributed by atoms with Crippen LogP contribution in [0.1, 0.15) is 12.5 Å². The third-order valence-electron chi connectivity index (χ3n) is 4.05. The summed E-state index contributed by atoms with van der Waals surface area (Å²) in [6, 6.07) is 10.3. The average Bonchev–Trinajstić information content (AvgIpc) is 3.08. The SMILES string of the molecule is CC(=O)N1C(=O)C(=C2SC(=S)N(c3cccnc3)C2=O)c2ccccc21. The zero-order valence-corrected chi connectivity index (χ0v) is 15.1. The zero-order valence-electron chi connectivity index (χ0n) is 13.5. The summed E-state index contributed by atoms with van der Waals surface area (Å²) in [6.45, 7) is 1.32. The molecule has 0 aliphatic carbocycles. The normalized spacial score (nSPS) is 19.3. The molecule has 128 valence electrons. The van der Waals surface area contributed by atoms with Crippen molar-refractivity contribution in [2.24, 2.45) is 0 Å². The van der Waals surface area contributed by atoms with Crippen LogP contribution in [0, 0.1) is 0 Å². The van der Waals surface area contributed by atoms with Crippen molar-refractivity contribution in [2.45, 2.75) is 6.92 Å². The first-order chi connectivity index (χ1) is 12.5. The van der Waals surface area contributed by atoms with E-state index in [4.69, 9.17) is 12.2 Å². The van der Waals surface area contributed by atoms with Crippen molar-refractivity contribution in [1.29, 1.82) is 0 Å². The first kappa shape index (κ1) is 16.6. The van der Waals surface area contributed by atoms with Gasteiger partial charge in [-0.3, -0.25) is 24.3 Å². The molecular weight excluding hydrogens is 370 g/mol. The van der Waals surface area contributed by atoms with E-state index in [2.05, 4.69) is 4.98 Å². The summed E-state index contributed by atoms with van der Waals surface area (Å²) in [5, 5.41) is 0. The Bertz CT molecular complexity index is 1020. The first-order valence-electron chi connectivity index (χ1n) is 7.65. The lowest BCUT2D eigenvalue weighted by Gasteiger charge is -2.13. The molecule has 0 unspecified atom stereocenters. The quantitative estimate of drug-likeness (QED) is 0.559. The Morgan fingerprint density at radius 3 is 2.58 bits per heavy atom. The summed E-state index contributed by atoms with van der Waals surface area (Å²) in [4.78, 5) is 44.5. The molecule has 2 aliphatic heterocycles. The summed E-state index contributed by atoms with van der Waals surface area (Å²) in [7, 11) is 0. The van der Waals surface area contributed by atoms with Crippen LogP contribution in [0.5, 0.6) is 0 Å². The number of thioether (sulfide) groups is 1. The number of rotatable bonds is 1. The fourth-order valence-electron chi connectivity index (χ4n) is 2.98. The van der Waals surface area contributed by atoms with E-state index < -0.39 is 17.7 Å². The number of carbonyl (C=O) groups excluding carboxylic acids is 3. The Kier molecular flexibility index (Phi) is 3.93. The number of pyridine rings is 1. The maximum atomic E-state index is 13.0. The molecule has 0 radical (unpaired) electrons. The predicted molar refractivity (Wildman–Crippen MR) is 103 cm³/mol. The van der Waals surface area contributed by atoms with Crippen molar-refractivity contribution in [3.8, 4) is 0 Å². The zero-order chi connectivity index (χ0) is 18.4. The second-order valence-corrected chi connectivity index (χ2v) is 7.24. The minimum absolute atomic E-state index is 0.208. The minimum Gasteiger partial charge on any atom is -0.274 e. The Hall–Kier alpha value is -2.84. The van der Waals surface area contributed by atoms with Crippen LogP contribution in [-0.4, -0.2) is 27.0 Å². The van der Waals surface area contributed by atoms with E-state index in [9.17, 15) is 14.4 Å². The summed E-state index contributed by atoms with van der Waals surface area (Å²) in [5.41, 5.74) is 1.78. The summed E-state index contributed by atoms with van der Waals surface area (Å²) >= 11 is 6.40. The second-order valence-electron chi connectivity index (χ2n) is 5.60. The fourth-order valence-corrected chi connectivity index (χ4v) is 4.35. The molecule has 3 amide bonds. The lowest BCUT2D eigenvalue weighted by molar-refractivity contribution is -0.122. The number of imide groups is 1. The highest BCUT2D eigenvalue weighted by Crippen LogP contribution is 2.45. The number of amides is 3. The van der Waals surface area contributed by atoms with Crippen LogP contribution < -0.4 is 9.80 Å². The van der Waals surface area contributed by atoms with Gasteiger partial charge in [-0.2, -0.15) is 0 Å². The molecular formula is C18H11N3O3S2. The van der Waals surface area contributed by atoms with Crippen molar-refractivity contribution >= 4 is 63.0 Å². The molecule has 1 aromatic carbocycles. The molecule has 1 aromatic heterocycles. The highest BCUT2D eigenvalue weighted by Gasteiger charge is 2.43. The maximum Gasteiger partial charge on any atom is 0.271 e. The number of anilines is 2. The largest absolute Gasteiger partial charge is 0.274 e. The lowest BCUT2D eigenvalue weighted by atomic mass is 10.1. The van der Waals surface area contributed by atoms with Gasteiger partial charge in [-0.25, -0.2) is 4.90 Å². The standard InChI is InChI=1S/C18H11N3O3S2/c1-10(22)20-13-7-3-2-6-12(13)14(16(20)23)15-17(24)21(18(25)26-15)11-5-4-8-19-9-11/h2-9H,1H3. The Morgan fingerprint density at radius 2 is 1.88 bits per heavy atom. The summed E-state index contributed by atoms with van der Waals surface area (Å²) < 4.78 is 0.317. The smallest absolute Gasteiger partial charge is 0.271 e. The highest BCUT2D eigenvalue weighted by atomic mass is 32.2. The number of hydrogen-bond acceptors (Lipinski definition) is 6. The Balaban J connectivity index is 1.88. The van der Waals surface area contributed by atoms with Crippen molar-refractivity contribution in [3.63, 3.8) is 0 Å². The van der Waals surface area contributed by atoms with Crippen LogP contribution in [0.15, 0.2) is 53.7 Å². The van der Waals surface area contributed by atoms with Gasteiger partial charge >= 0.3 is 0 Å². The van der Waals surface area contributed by atoms with Crippen molar-refractivity contribution < 1.29 is 14.4 Å². The summed E-state index contributed by atoms with van der Waals surface area (Å²) in [5.74, 6) is -1.30. The number of benzene rings is 1. The molecule has 2 aliphatic rings. The van der Waals surface area contributed by atoms with Crippen molar-refractivity contribution in [3.05, 3.63) is 59.3 Å². The van der Waals surface area contributed by atoms with Gasteiger partial charge in [-0.15, -0.1) is 0 Å². The van der Waals surface area contributed by atoms with Gasteiger partial charge in [0.2, 0.25) is 5.91 Å². The van der Waals surface area contributed by atoms with E-state index >= 15 is 0 Å². The van der Waals surface area contributed by atoms with Crippen LogP contribution in [0.4, 0.5) is 11.4 Å². The number of nitrogens with zero attached hydrogens (tertiary/aromatic N) is 3. The van der Waals surface area contributed by atoms with E-state index in [1.54, 1.807) is 42.6 Å². The molecule has 1 saturated heterocycles. The minimum atomic E-state index is -0.509. The topological polar surface area (TPSA) is 70.6 Å². The molecule has 6 nitrogen and oxygen atoms in total. The van der Waals surface area contributed by atoms with Crippen molar-refractivity contribution in [1.82, 2.24) is 4.98 Å². The Morgan fingerprint density at radius 1 is 1.12 bits per heavy atom. The maximum absolute atomic E-state index is 13.0. The van der Waals surface area contributed by atoms with Crippen LogP contribution >= 0.6 is 24.0 Å². The predicted octanol–water partition coefficient (Wildman–Crippen LogP) is 2.75. The van der Waals surface area contributed by atoms with Crippen LogP contribution in [-0.2, 0) is 14.4 Å². The van der Waals surface area contributed by atoms with E-state index in [0.717, 1.165) is 16.7 Å². The third-order valence-corrected chi connectivity index (χ3v) is 5.42. The molecule has 4 rings (SSSR count). The number of thiocarbonyl (C=S) groups is 1. The molecule has 0 bridgehead atoms. The van der Waals surface area contributed by atoms with Crippen LogP contribution in [0.2, 0.25) is 0 Å².